The summed E-state index contributed by atoms with van der Waals surface area (Å²) in [5.41, 5.74) is 3.90. The Balaban J connectivity index is 1.26. The van der Waals surface area contributed by atoms with Gasteiger partial charge in [0.1, 0.15) is 23.1 Å². The molecule has 1 aromatic heterocycles. The molecule has 3 aromatic rings. The number of hydrogen-bond donors (Lipinski definition) is 1. The molecule has 0 radical (unpaired) electrons. The summed E-state index contributed by atoms with van der Waals surface area (Å²) in [5, 5.41) is 5.53. The lowest BCUT2D eigenvalue weighted by atomic mass is 9.87. The minimum Gasteiger partial charge on any atom is -0.486 e. The van der Waals surface area contributed by atoms with Gasteiger partial charge >= 0.3 is 0 Å². The third kappa shape index (κ3) is 6.86. The van der Waals surface area contributed by atoms with Crippen molar-refractivity contribution in [3.05, 3.63) is 81.3 Å². The Labute approximate surface area is 235 Å². The van der Waals surface area contributed by atoms with Crippen molar-refractivity contribution in [1.29, 1.82) is 0 Å². The third-order valence-corrected chi connectivity index (χ3v) is 8.25. The van der Waals surface area contributed by atoms with Gasteiger partial charge in [-0.3, -0.25) is 9.59 Å². The van der Waals surface area contributed by atoms with Crippen LogP contribution in [0.5, 0.6) is 5.75 Å². The van der Waals surface area contributed by atoms with E-state index in [1.54, 1.807) is 5.38 Å². The summed E-state index contributed by atoms with van der Waals surface area (Å²) in [7, 11) is 0. The van der Waals surface area contributed by atoms with Crippen molar-refractivity contribution < 1.29 is 14.3 Å². The summed E-state index contributed by atoms with van der Waals surface area (Å²) in [6.45, 7) is 8.93. The highest BCUT2D eigenvalue weighted by molar-refractivity contribution is 7.09. The minimum absolute atomic E-state index is 0.137. The smallest absolute Gasteiger partial charge is 0.270 e. The first-order valence-corrected chi connectivity index (χ1v) is 14.9. The Hall–Kier alpha value is -3.23. The molecule has 7 nitrogen and oxygen atoms in total. The molecular formula is C31H38N4O3S. The fourth-order valence-corrected chi connectivity index (χ4v) is 6.15. The Kier molecular flexibility index (Phi) is 8.94. The molecule has 1 saturated heterocycles. The molecule has 0 spiro atoms. The zero-order valence-corrected chi connectivity index (χ0v) is 23.7. The van der Waals surface area contributed by atoms with Gasteiger partial charge in [0.05, 0.1) is 6.04 Å². The summed E-state index contributed by atoms with van der Waals surface area (Å²) >= 11 is 1.43. The van der Waals surface area contributed by atoms with Crippen molar-refractivity contribution in [3.63, 3.8) is 0 Å². The Bertz CT molecular complexity index is 1270. The summed E-state index contributed by atoms with van der Waals surface area (Å²) < 4.78 is 6.15. The normalized spacial score (nSPS) is 17.3. The first-order valence-electron chi connectivity index (χ1n) is 14.0. The zero-order valence-electron chi connectivity index (χ0n) is 22.9. The molecule has 2 aromatic carbocycles. The molecule has 0 bridgehead atoms. The van der Waals surface area contributed by atoms with E-state index < -0.39 is 0 Å². The minimum atomic E-state index is -0.138. The number of ether oxygens (including phenoxy) is 1. The lowest BCUT2D eigenvalue weighted by molar-refractivity contribution is -0.134. The van der Waals surface area contributed by atoms with Crippen LogP contribution < -0.4 is 10.1 Å². The predicted molar refractivity (Wildman–Crippen MR) is 154 cm³/mol. The second kappa shape index (κ2) is 12.7. The molecule has 2 amide bonds. The Morgan fingerprint density at radius 3 is 2.67 bits per heavy atom. The quantitative estimate of drug-likeness (QED) is 0.384. The van der Waals surface area contributed by atoms with Gasteiger partial charge in [-0.25, -0.2) is 4.98 Å². The van der Waals surface area contributed by atoms with Gasteiger partial charge in [-0.15, -0.1) is 11.3 Å². The molecule has 5 rings (SSSR count). The van der Waals surface area contributed by atoms with E-state index in [0.717, 1.165) is 47.9 Å². The molecule has 2 aliphatic heterocycles. The summed E-state index contributed by atoms with van der Waals surface area (Å²) in [4.78, 5) is 34.7. The molecule has 1 unspecified atom stereocenters. The van der Waals surface area contributed by atoms with Crippen LogP contribution in [-0.2, 0) is 17.8 Å². The lowest BCUT2D eigenvalue weighted by Gasteiger charge is -2.38. The van der Waals surface area contributed by atoms with E-state index in [9.17, 15) is 9.59 Å². The molecule has 39 heavy (non-hydrogen) atoms. The van der Waals surface area contributed by atoms with Gasteiger partial charge in [0.25, 0.3) is 5.91 Å². The first kappa shape index (κ1) is 27.3. The van der Waals surface area contributed by atoms with Crippen molar-refractivity contribution in [3.8, 4) is 5.75 Å². The monoisotopic (exact) mass is 546 g/mol. The number of fused-ring (bicyclic) bond motifs is 1. The van der Waals surface area contributed by atoms with Crippen molar-refractivity contribution in [2.45, 2.75) is 52.2 Å². The topological polar surface area (TPSA) is 74.8 Å². The molecule has 8 heteroatoms. The number of amides is 2. The molecular weight excluding hydrogens is 508 g/mol. The number of nitrogens with zero attached hydrogens (tertiary/aromatic N) is 3. The molecule has 0 saturated carbocycles. The first-order chi connectivity index (χ1) is 19.0. The lowest BCUT2D eigenvalue weighted by Crippen LogP contribution is -2.41. The molecule has 1 fully saturated rings. The van der Waals surface area contributed by atoms with E-state index in [-0.39, 0.29) is 24.5 Å². The standard InChI is InChI=1S/C31H38N4O3S/c1-22(2)18-29(36)35-16-12-23-10-11-25(19-26(23)30(35)24-8-4-3-5-9-24)38-20-28-33-27(21-39-28)31(37)32-13-17-34-14-6-7-15-34/h3-5,8-11,19,21-22,30H,6-7,12-18,20H2,1-2H3,(H,32,37). The number of thiazole rings is 1. The average Bonchev–Trinajstić information content (AvgIpc) is 3.64. The average molecular weight is 547 g/mol. The van der Waals surface area contributed by atoms with Crippen LogP contribution in [0.15, 0.2) is 53.9 Å². The zero-order chi connectivity index (χ0) is 27.2. The fourth-order valence-electron chi connectivity index (χ4n) is 5.46. The van der Waals surface area contributed by atoms with Crippen molar-refractivity contribution >= 4 is 23.2 Å². The maximum absolute atomic E-state index is 13.2. The van der Waals surface area contributed by atoms with E-state index in [1.165, 1.54) is 29.7 Å². The van der Waals surface area contributed by atoms with Gasteiger partial charge < -0.3 is 19.9 Å². The van der Waals surface area contributed by atoms with E-state index in [0.29, 0.717) is 31.1 Å². The van der Waals surface area contributed by atoms with Gasteiger partial charge in [0.2, 0.25) is 5.91 Å². The molecule has 0 aliphatic carbocycles. The van der Waals surface area contributed by atoms with Crippen LogP contribution in [0.2, 0.25) is 0 Å². The predicted octanol–water partition coefficient (Wildman–Crippen LogP) is 5.07. The van der Waals surface area contributed by atoms with Crippen LogP contribution in [0.1, 0.15) is 71.3 Å². The molecule has 1 N–H and O–H groups in total. The second-order valence-electron chi connectivity index (χ2n) is 10.8. The van der Waals surface area contributed by atoms with Gasteiger partial charge in [0.15, 0.2) is 0 Å². The maximum Gasteiger partial charge on any atom is 0.270 e. The number of aromatic nitrogens is 1. The highest BCUT2D eigenvalue weighted by atomic mass is 32.1. The second-order valence-corrected chi connectivity index (χ2v) is 11.8. The summed E-state index contributed by atoms with van der Waals surface area (Å²) in [6.07, 6.45) is 3.85. The van der Waals surface area contributed by atoms with E-state index >= 15 is 0 Å². The molecule has 1 atom stereocenters. The number of hydrogen-bond acceptors (Lipinski definition) is 6. The largest absolute Gasteiger partial charge is 0.486 e. The van der Waals surface area contributed by atoms with Gasteiger partial charge in [-0.05, 0) is 67.1 Å². The van der Waals surface area contributed by atoms with Crippen LogP contribution in [-0.4, -0.2) is 59.3 Å². The fraction of sp³-hybridized carbons (Fsp3) is 0.452. The Morgan fingerprint density at radius 1 is 1.10 bits per heavy atom. The van der Waals surface area contributed by atoms with Gasteiger partial charge in [-0.2, -0.15) is 0 Å². The number of rotatable bonds is 10. The van der Waals surface area contributed by atoms with E-state index in [1.807, 2.05) is 29.2 Å². The van der Waals surface area contributed by atoms with Crippen molar-refractivity contribution in [1.82, 2.24) is 20.1 Å². The number of carbonyl (C=O) groups excluding carboxylic acids is 2. The van der Waals surface area contributed by atoms with Crippen LogP contribution in [0, 0.1) is 5.92 Å². The number of benzene rings is 2. The van der Waals surface area contributed by atoms with Crippen molar-refractivity contribution in [2.75, 3.05) is 32.7 Å². The van der Waals surface area contributed by atoms with Crippen molar-refractivity contribution in [2.24, 2.45) is 5.92 Å². The van der Waals surface area contributed by atoms with Crippen LogP contribution >= 0.6 is 11.3 Å². The highest BCUT2D eigenvalue weighted by Crippen LogP contribution is 2.38. The molecule has 3 heterocycles. The summed E-state index contributed by atoms with van der Waals surface area (Å²) in [5.74, 6) is 1.09. The van der Waals surface area contributed by atoms with Crippen LogP contribution in [0.3, 0.4) is 0 Å². The highest BCUT2D eigenvalue weighted by Gasteiger charge is 2.32. The van der Waals surface area contributed by atoms with E-state index in [2.05, 4.69) is 53.3 Å². The third-order valence-electron chi connectivity index (χ3n) is 7.42. The number of carbonyl (C=O) groups is 2. The molecule has 2 aliphatic rings. The van der Waals surface area contributed by atoms with Crippen LogP contribution in [0.25, 0.3) is 0 Å². The summed E-state index contributed by atoms with van der Waals surface area (Å²) in [6, 6.07) is 16.3. The SMILES string of the molecule is CC(C)CC(=O)N1CCc2ccc(OCc3nc(C(=O)NCCN4CCCC4)cs3)cc2C1c1ccccc1. The number of nitrogens with one attached hydrogen (secondary N) is 1. The maximum atomic E-state index is 13.2. The molecule has 206 valence electrons. The van der Waals surface area contributed by atoms with Gasteiger partial charge in [-0.1, -0.05) is 50.2 Å². The van der Waals surface area contributed by atoms with Gasteiger partial charge in [0, 0.05) is 31.4 Å². The van der Waals surface area contributed by atoms with Crippen LogP contribution in [0.4, 0.5) is 0 Å². The van der Waals surface area contributed by atoms with E-state index in [4.69, 9.17) is 4.74 Å². The Morgan fingerprint density at radius 2 is 1.90 bits per heavy atom. The number of likely N-dealkylation sites (tertiary alicyclic amines) is 1.